The fourth-order valence-corrected chi connectivity index (χ4v) is 4.39. The second kappa shape index (κ2) is 8.68. The van der Waals surface area contributed by atoms with E-state index in [0.717, 1.165) is 28.5 Å². The van der Waals surface area contributed by atoms with Gasteiger partial charge in [-0.15, -0.1) is 0 Å². The summed E-state index contributed by atoms with van der Waals surface area (Å²) in [5, 5.41) is 2.76. The molecule has 5 rings (SSSR count). The lowest BCUT2D eigenvalue weighted by atomic mass is 10.0. The van der Waals surface area contributed by atoms with E-state index in [0.29, 0.717) is 24.3 Å². The monoisotopic (exact) mass is 466 g/mol. The molecule has 2 atom stereocenters. The van der Waals surface area contributed by atoms with Gasteiger partial charge >= 0.3 is 5.49 Å². The molecule has 1 saturated heterocycles. The van der Waals surface area contributed by atoms with Gasteiger partial charge in [0.1, 0.15) is 24.2 Å². The number of hydrogen-bond acceptors (Lipinski definition) is 3. The summed E-state index contributed by atoms with van der Waals surface area (Å²) in [7, 11) is 0. The Hall–Kier alpha value is -3.52. The molecule has 1 aromatic heterocycles. The maximum Gasteiger partial charge on any atom is 0.335 e. The number of rotatable bonds is 5. The lowest BCUT2D eigenvalue weighted by molar-refractivity contribution is -0.536. The van der Waals surface area contributed by atoms with Crippen molar-refractivity contribution in [2.45, 2.75) is 32.4 Å². The molecule has 0 spiro atoms. The Morgan fingerprint density at radius 1 is 1.15 bits per heavy atom. The van der Waals surface area contributed by atoms with Crippen LogP contribution >= 0.6 is 0 Å². The number of benzene rings is 2. The number of alkyl halides is 2. The first-order valence-electron chi connectivity index (χ1n) is 11.0. The second-order valence-corrected chi connectivity index (χ2v) is 8.60. The fraction of sp³-hybridized carbons (Fsp3) is 0.269. The van der Waals surface area contributed by atoms with E-state index in [1.54, 1.807) is 13.0 Å². The third kappa shape index (κ3) is 3.88. The number of carbonyl (C=O) groups excluding carboxylic acids is 1. The topological polar surface area (TPSA) is 56.6 Å². The minimum atomic E-state index is -2.94. The number of carbonyl (C=O) groups is 1. The first-order chi connectivity index (χ1) is 16.3. The molecule has 2 aromatic carbocycles. The predicted molar refractivity (Wildman–Crippen MR) is 118 cm³/mol. The summed E-state index contributed by atoms with van der Waals surface area (Å²) in [4.78, 5) is 18.1. The molecule has 34 heavy (non-hydrogen) atoms. The van der Waals surface area contributed by atoms with Crippen LogP contribution in [0.1, 0.15) is 46.4 Å². The Bertz CT molecular complexity index is 1400. The van der Waals surface area contributed by atoms with E-state index < -0.39 is 29.8 Å². The number of halogens is 3. The van der Waals surface area contributed by atoms with Gasteiger partial charge in [-0.05, 0) is 25.5 Å². The number of aromatic nitrogens is 1. The van der Waals surface area contributed by atoms with Crippen LogP contribution in [-0.2, 0) is 4.74 Å². The van der Waals surface area contributed by atoms with E-state index in [-0.39, 0.29) is 11.6 Å². The van der Waals surface area contributed by atoms with Gasteiger partial charge in [0.25, 0.3) is 12.3 Å². The zero-order valence-corrected chi connectivity index (χ0v) is 18.7. The smallest absolute Gasteiger partial charge is 0.335 e. The zero-order valence-electron chi connectivity index (χ0n) is 18.7. The van der Waals surface area contributed by atoms with Gasteiger partial charge in [-0.25, -0.2) is 13.2 Å². The second-order valence-electron chi connectivity index (χ2n) is 8.60. The highest BCUT2D eigenvalue weighted by Gasteiger charge is 2.37. The van der Waals surface area contributed by atoms with Crippen molar-refractivity contribution in [2.75, 3.05) is 13.2 Å². The van der Waals surface area contributed by atoms with Crippen LogP contribution in [0.2, 0.25) is 0 Å². The Kier molecular flexibility index (Phi) is 5.69. The molecule has 2 aliphatic heterocycles. The van der Waals surface area contributed by atoms with E-state index in [1.165, 1.54) is 12.1 Å². The van der Waals surface area contributed by atoms with Crippen LogP contribution in [0.5, 0.6) is 0 Å². The Morgan fingerprint density at radius 3 is 2.62 bits per heavy atom. The number of aryl methyl sites for hydroxylation is 1. The quantitative estimate of drug-likeness (QED) is 0.580. The van der Waals surface area contributed by atoms with Crippen molar-refractivity contribution in [2.24, 2.45) is 4.99 Å². The van der Waals surface area contributed by atoms with Crippen LogP contribution in [0.25, 0.3) is 11.1 Å². The Labute approximate surface area is 194 Å². The zero-order chi connectivity index (χ0) is 24.0. The SMILES string of the molecule is Cc1ccc(-c2cc(C(=O)N[C@H](C)c3cccc(C(F)F)c3F)c3[n+](c2)=C2COC[C@H]2N=3)cc1. The standard InChI is InChI=1S/C26H22F3N3O2/c1-14-6-8-16(9-7-14)17-10-20(25-31-21-12-34-13-22(21)32(25)11-17)26(33)30-15(2)18-4-3-5-19(23(18)27)24(28)29/h3-11,15,21,24H,12-13H2,1-2H3/p+1/t15-,21-/m1/s1. The highest BCUT2D eigenvalue weighted by molar-refractivity contribution is 5.95. The molecule has 3 aromatic rings. The van der Waals surface area contributed by atoms with Crippen molar-refractivity contribution in [3.8, 4) is 11.1 Å². The molecule has 8 heteroatoms. The van der Waals surface area contributed by atoms with E-state index in [2.05, 4.69) is 10.3 Å². The predicted octanol–water partition coefficient (Wildman–Crippen LogP) is 3.93. The fourth-order valence-electron chi connectivity index (χ4n) is 4.39. The molecule has 0 saturated carbocycles. The van der Waals surface area contributed by atoms with Crippen molar-refractivity contribution >= 4 is 5.91 Å². The van der Waals surface area contributed by atoms with Gasteiger partial charge in [-0.2, -0.15) is 4.24 Å². The lowest BCUT2D eigenvalue weighted by Crippen LogP contribution is -2.44. The first-order valence-corrected chi connectivity index (χ1v) is 11.0. The third-order valence-corrected chi connectivity index (χ3v) is 6.27. The number of fused-ring (bicyclic) bond motifs is 2. The average Bonchev–Trinajstić information content (AvgIpc) is 3.40. The van der Waals surface area contributed by atoms with E-state index in [9.17, 15) is 18.0 Å². The third-order valence-electron chi connectivity index (χ3n) is 6.27. The molecule has 5 nitrogen and oxygen atoms in total. The number of amides is 1. The van der Waals surface area contributed by atoms with Crippen molar-refractivity contribution in [1.82, 2.24) is 5.32 Å². The molecule has 1 fully saturated rings. The van der Waals surface area contributed by atoms with Gasteiger partial charge < -0.3 is 10.1 Å². The number of pyridine rings is 1. The van der Waals surface area contributed by atoms with E-state index >= 15 is 0 Å². The lowest BCUT2D eigenvalue weighted by Gasteiger charge is -2.16. The highest BCUT2D eigenvalue weighted by atomic mass is 19.3. The maximum absolute atomic E-state index is 14.6. The van der Waals surface area contributed by atoms with Gasteiger partial charge in [-0.1, -0.05) is 53.0 Å². The van der Waals surface area contributed by atoms with Crippen LogP contribution in [-0.4, -0.2) is 25.2 Å². The van der Waals surface area contributed by atoms with Gasteiger partial charge in [0.15, 0.2) is 5.71 Å². The minimum absolute atomic E-state index is 0.00159. The van der Waals surface area contributed by atoms with Gasteiger partial charge in [0, 0.05) is 11.1 Å². The molecule has 0 unspecified atom stereocenters. The highest BCUT2D eigenvalue weighted by Crippen LogP contribution is 2.27. The summed E-state index contributed by atoms with van der Waals surface area (Å²) in [6, 6.07) is 12.5. The Morgan fingerprint density at radius 2 is 1.88 bits per heavy atom. The maximum atomic E-state index is 14.6. The van der Waals surface area contributed by atoms with Gasteiger partial charge in [0.05, 0.1) is 18.2 Å². The molecule has 1 amide bonds. The van der Waals surface area contributed by atoms with Crippen LogP contribution in [0.15, 0.2) is 59.7 Å². The molecule has 0 aliphatic carbocycles. The number of nitrogens with zero attached hydrogens (tertiary/aromatic N) is 2. The molecule has 1 N–H and O–H groups in total. The molecule has 0 bridgehead atoms. The number of nitrogens with one attached hydrogen (secondary N) is 1. The van der Waals surface area contributed by atoms with Crippen molar-refractivity contribution in [3.05, 3.63) is 94.0 Å². The van der Waals surface area contributed by atoms with Crippen molar-refractivity contribution in [1.29, 1.82) is 0 Å². The van der Waals surface area contributed by atoms with Crippen LogP contribution in [0, 0.1) is 18.5 Å². The minimum Gasteiger partial charge on any atom is -0.368 e. The molecular weight excluding hydrogens is 443 g/mol. The van der Waals surface area contributed by atoms with Gasteiger partial charge in [-0.3, -0.25) is 4.79 Å². The molecule has 0 radical (unpaired) electrons. The summed E-state index contributed by atoms with van der Waals surface area (Å²) >= 11 is 0. The summed E-state index contributed by atoms with van der Waals surface area (Å²) in [5.41, 5.74) is 3.98. The number of ether oxygens (including phenoxy) is 1. The van der Waals surface area contributed by atoms with Crippen molar-refractivity contribution < 1.29 is 26.9 Å². The van der Waals surface area contributed by atoms with Crippen molar-refractivity contribution in [3.63, 3.8) is 0 Å². The molecule has 3 heterocycles. The summed E-state index contributed by atoms with van der Waals surface area (Å²) in [5.74, 6) is -1.47. The van der Waals surface area contributed by atoms with E-state index in [1.807, 2.05) is 41.6 Å². The number of hydrogen-bond donors (Lipinski definition) is 1. The average molecular weight is 466 g/mol. The van der Waals surface area contributed by atoms with E-state index in [4.69, 9.17) is 4.74 Å². The van der Waals surface area contributed by atoms with Crippen LogP contribution in [0.3, 0.4) is 0 Å². The first kappa shape index (κ1) is 22.3. The Balaban J connectivity index is 1.56. The van der Waals surface area contributed by atoms with Crippen LogP contribution < -0.4 is 15.0 Å². The summed E-state index contributed by atoms with van der Waals surface area (Å²) < 4.78 is 48.4. The van der Waals surface area contributed by atoms with Crippen LogP contribution in [0.4, 0.5) is 13.2 Å². The normalized spacial score (nSPS) is 17.4. The summed E-state index contributed by atoms with van der Waals surface area (Å²) in [6.07, 6.45) is -0.995. The molecule has 2 aliphatic rings. The molecule has 174 valence electrons. The summed E-state index contributed by atoms with van der Waals surface area (Å²) in [6.45, 7) is 4.43. The van der Waals surface area contributed by atoms with Gasteiger partial charge in [0.2, 0.25) is 6.04 Å². The molecular formula is C26H23F3N3O2+. The largest absolute Gasteiger partial charge is 0.368 e.